The lowest BCUT2D eigenvalue weighted by atomic mass is 9.99. The fraction of sp³-hybridized carbons (Fsp3) is 0.667. The molecule has 5 heteroatoms. The van der Waals surface area contributed by atoms with E-state index in [1.165, 1.54) is 19.3 Å². The Morgan fingerprint density at radius 1 is 1.07 bits per heavy atom. The third kappa shape index (κ3) is 2.31. The second kappa shape index (κ2) is 4.21. The average Bonchev–Trinajstić information content (AvgIpc) is 2.63. The summed E-state index contributed by atoms with van der Waals surface area (Å²) in [7, 11) is 0. The molecule has 2 fully saturated rings. The van der Waals surface area contributed by atoms with Crippen molar-refractivity contribution in [3.05, 3.63) is 0 Å². The molecule has 5 nitrogen and oxygen atoms in total. The monoisotopic (exact) mass is 194 g/mol. The molecule has 1 aliphatic carbocycles. The first-order chi connectivity index (χ1) is 6.84. The van der Waals surface area contributed by atoms with E-state index in [-0.39, 0.29) is 5.91 Å². The van der Waals surface area contributed by atoms with Crippen LogP contribution in [-0.4, -0.2) is 24.1 Å². The van der Waals surface area contributed by atoms with Crippen LogP contribution in [0.15, 0.2) is 10.2 Å². The number of guanidine groups is 1. The molecule has 0 atom stereocenters. The number of nitrogens with zero attached hydrogens (tertiary/aromatic N) is 2. The lowest BCUT2D eigenvalue weighted by Gasteiger charge is -2.10. The second-order valence-electron chi connectivity index (χ2n) is 3.58. The Kier molecular flexibility index (Phi) is 2.76. The van der Waals surface area contributed by atoms with Crippen LogP contribution in [0, 0.1) is 0 Å². The highest BCUT2D eigenvalue weighted by Gasteiger charge is 2.14. The molecule has 1 aliphatic heterocycles. The van der Waals surface area contributed by atoms with Crippen LogP contribution in [0.2, 0.25) is 0 Å². The van der Waals surface area contributed by atoms with Gasteiger partial charge in [0.05, 0.1) is 6.54 Å². The number of rotatable bonds is 1. The molecule has 2 aliphatic rings. The predicted molar refractivity (Wildman–Crippen MR) is 54.1 cm³/mol. The first kappa shape index (κ1) is 9.18. The summed E-state index contributed by atoms with van der Waals surface area (Å²) >= 11 is 0. The quantitative estimate of drug-likeness (QED) is 0.593. The Labute approximate surface area is 82.7 Å². The largest absolute Gasteiger partial charge is 0.345 e. The van der Waals surface area contributed by atoms with Crippen molar-refractivity contribution in [2.24, 2.45) is 10.2 Å². The summed E-state index contributed by atoms with van der Waals surface area (Å²) in [6.45, 7) is 0.309. The van der Waals surface area contributed by atoms with Gasteiger partial charge in [0.15, 0.2) is 0 Å². The molecular formula is C9H14N4O. The van der Waals surface area contributed by atoms with Gasteiger partial charge in [0, 0.05) is 5.71 Å². The Balaban J connectivity index is 1.93. The molecule has 0 spiro atoms. The molecule has 0 aromatic carbocycles. The van der Waals surface area contributed by atoms with Gasteiger partial charge in [-0.1, -0.05) is 6.42 Å². The molecular weight excluding hydrogens is 180 g/mol. The maximum absolute atomic E-state index is 10.8. The van der Waals surface area contributed by atoms with Gasteiger partial charge in [-0.3, -0.25) is 10.1 Å². The Morgan fingerprint density at radius 3 is 2.50 bits per heavy atom. The third-order valence-corrected chi connectivity index (χ3v) is 2.40. The van der Waals surface area contributed by atoms with E-state index < -0.39 is 0 Å². The Bertz CT molecular complexity index is 287. The SMILES string of the molecule is O=C1CN/C(=N/N=C2CCCCC2)N1. The summed E-state index contributed by atoms with van der Waals surface area (Å²) in [5.74, 6) is 0.431. The number of hydrogen-bond acceptors (Lipinski definition) is 3. The van der Waals surface area contributed by atoms with Gasteiger partial charge in [0.25, 0.3) is 0 Å². The molecule has 1 amide bonds. The van der Waals surface area contributed by atoms with Crippen LogP contribution in [-0.2, 0) is 4.79 Å². The minimum atomic E-state index is -0.0485. The molecule has 0 aromatic heterocycles. The van der Waals surface area contributed by atoms with E-state index in [1.807, 2.05) is 0 Å². The minimum Gasteiger partial charge on any atom is -0.345 e. The molecule has 0 aromatic rings. The Hall–Kier alpha value is -1.39. The van der Waals surface area contributed by atoms with Crippen molar-refractivity contribution < 1.29 is 4.79 Å². The van der Waals surface area contributed by atoms with Crippen LogP contribution in [0.25, 0.3) is 0 Å². The molecule has 1 heterocycles. The standard InChI is InChI=1S/C9H14N4O/c14-8-6-10-9(11-8)13-12-7-4-2-1-3-5-7/h1-6H2,(H2,10,11,13,14). The molecule has 2 N–H and O–H groups in total. The van der Waals surface area contributed by atoms with Crippen molar-refractivity contribution in [3.8, 4) is 0 Å². The van der Waals surface area contributed by atoms with Gasteiger partial charge in [0.1, 0.15) is 0 Å². The van der Waals surface area contributed by atoms with Crippen molar-refractivity contribution in [3.63, 3.8) is 0 Å². The van der Waals surface area contributed by atoms with E-state index in [1.54, 1.807) is 0 Å². The molecule has 0 unspecified atom stereocenters. The van der Waals surface area contributed by atoms with E-state index in [2.05, 4.69) is 20.8 Å². The molecule has 0 bridgehead atoms. The van der Waals surface area contributed by atoms with Gasteiger partial charge < -0.3 is 5.32 Å². The summed E-state index contributed by atoms with van der Waals surface area (Å²) < 4.78 is 0. The lowest BCUT2D eigenvalue weighted by molar-refractivity contribution is -0.117. The maximum atomic E-state index is 10.8. The van der Waals surface area contributed by atoms with E-state index in [0.29, 0.717) is 12.5 Å². The molecule has 76 valence electrons. The van der Waals surface area contributed by atoms with Gasteiger partial charge >= 0.3 is 0 Å². The first-order valence-corrected chi connectivity index (χ1v) is 5.02. The van der Waals surface area contributed by atoms with Crippen molar-refractivity contribution in [2.45, 2.75) is 32.1 Å². The molecule has 14 heavy (non-hydrogen) atoms. The van der Waals surface area contributed by atoms with E-state index in [4.69, 9.17) is 0 Å². The lowest BCUT2D eigenvalue weighted by Crippen LogP contribution is -2.24. The number of carbonyl (C=O) groups is 1. The number of hydrogen-bond donors (Lipinski definition) is 2. The van der Waals surface area contributed by atoms with Gasteiger partial charge in [-0.25, -0.2) is 0 Å². The van der Waals surface area contributed by atoms with Crippen LogP contribution in [0.1, 0.15) is 32.1 Å². The highest BCUT2D eigenvalue weighted by molar-refractivity contribution is 6.04. The van der Waals surface area contributed by atoms with Crippen molar-refractivity contribution in [1.82, 2.24) is 10.6 Å². The molecule has 0 radical (unpaired) electrons. The van der Waals surface area contributed by atoms with Gasteiger partial charge in [-0.15, -0.1) is 5.10 Å². The molecule has 1 saturated carbocycles. The predicted octanol–water partition coefficient (Wildman–Crippen LogP) is 0.382. The van der Waals surface area contributed by atoms with E-state index in [0.717, 1.165) is 18.6 Å². The van der Waals surface area contributed by atoms with Crippen LogP contribution in [0.3, 0.4) is 0 Å². The van der Waals surface area contributed by atoms with E-state index >= 15 is 0 Å². The van der Waals surface area contributed by atoms with Crippen molar-refractivity contribution in [1.29, 1.82) is 0 Å². The van der Waals surface area contributed by atoms with Gasteiger partial charge in [0.2, 0.25) is 11.9 Å². The fourth-order valence-electron chi connectivity index (χ4n) is 1.63. The van der Waals surface area contributed by atoms with Crippen molar-refractivity contribution >= 4 is 17.6 Å². The number of amides is 1. The number of carbonyl (C=O) groups excluding carboxylic acids is 1. The maximum Gasteiger partial charge on any atom is 0.246 e. The van der Waals surface area contributed by atoms with E-state index in [9.17, 15) is 4.79 Å². The van der Waals surface area contributed by atoms with Gasteiger partial charge in [-0.2, -0.15) is 5.10 Å². The summed E-state index contributed by atoms with van der Waals surface area (Å²) in [5.41, 5.74) is 1.15. The summed E-state index contributed by atoms with van der Waals surface area (Å²) in [4.78, 5) is 10.8. The smallest absolute Gasteiger partial charge is 0.246 e. The zero-order chi connectivity index (χ0) is 9.80. The molecule has 1 saturated heterocycles. The summed E-state index contributed by atoms with van der Waals surface area (Å²) in [5, 5.41) is 13.5. The van der Waals surface area contributed by atoms with Crippen LogP contribution < -0.4 is 10.6 Å². The summed E-state index contributed by atoms with van der Waals surface area (Å²) in [6, 6.07) is 0. The first-order valence-electron chi connectivity index (χ1n) is 5.02. The van der Waals surface area contributed by atoms with Crippen molar-refractivity contribution in [2.75, 3.05) is 6.54 Å². The second-order valence-corrected chi connectivity index (χ2v) is 3.58. The average molecular weight is 194 g/mol. The minimum absolute atomic E-state index is 0.0485. The topological polar surface area (TPSA) is 65.8 Å². The fourth-order valence-corrected chi connectivity index (χ4v) is 1.63. The summed E-state index contributed by atoms with van der Waals surface area (Å²) in [6.07, 6.45) is 5.81. The highest BCUT2D eigenvalue weighted by Crippen LogP contribution is 2.14. The van der Waals surface area contributed by atoms with Gasteiger partial charge in [-0.05, 0) is 25.7 Å². The number of nitrogens with one attached hydrogen (secondary N) is 2. The Morgan fingerprint density at radius 2 is 1.86 bits per heavy atom. The third-order valence-electron chi connectivity index (χ3n) is 2.40. The zero-order valence-corrected chi connectivity index (χ0v) is 8.05. The van der Waals surface area contributed by atoms with Crippen LogP contribution in [0.5, 0.6) is 0 Å². The molecule has 2 rings (SSSR count). The highest BCUT2D eigenvalue weighted by atomic mass is 16.2. The zero-order valence-electron chi connectivity index (χ0n) is 8.05. The van der Waals surface area contributed by atoms with Crippen LogP contribution >= 0.6 is 0 Å². The normalized spacial score (nSPS) is 24.7. The van der Waals surface area contributed by atoms with Crippen LogP contribution in [0.4, 0.5) is 0 Å².